The van der Waals surface area contributed by atoms with Gasteiger partial charge >= 0.3 is 0 Å². The molecule has 0 N–H and O–H groups in total. The van der Waals surface area contributed by atoms with Crippen LogP contribution in [0.15, 0.2) is 65.1 Å². The van der Waals surface area contributed by atoms with Crippen LogP contribution in [0.25, 0.3) is 33.3 Å². The Bertz CT molecular complexity index is 1030. The van der Waals surface area contributed by atoms with Gasteiger partial charge in [0, 0.05) is 18.0 Å². The smallest absolute Gasteiger partial charge is 0.227 e. The summed E-state index contributed by atoms with van der Waals surface area (Å²) in [6.45, 7) is 0. The Balaban J connectivity index is 1.86. The zero-order valence-electron chi connectivity index (χ0n) is 12.2. The highest BCUT2D eigenvalue weighted by Crippen LogP contribution is 2.30. The second-order valence-corrected chi connectivity index (χ2v) is 5.40. The van der Waals surface area contributed by atoms with Crippen molar-refractivity contribution in [3.63, 3.8) is 0 Å². The molecule has 1 aromatic heterocycles. The summed E-state index contributed by atoms with van der Waals surface area (Å²) < 4.78 is 5.86. The average molecular weight is 302 g/mol. The maximum Gasteiger partial charge on any atom is 0.227 e. The zero-order valence-corrected chi connectivity index (χ0v) is 12.2. The third-order valence-electron chi connectivity index (χ3n) is 3.82. The number of aromatic nitrogens is 1. The van der Waals surface area contributed by atoms with E-state index < -0.39 is 5.97 Å². The van der Waals surface area contributed by atoms with Gasteiger partial charge in [0.15, 0.2) is 5.58 Å². The summed E-state index contributed by atoms with van der Waals surface area (Å²) in [6.07, 6.45) is -0.139. The molecule has 0 saturated carbocycles. The third kappa shape index (κ3) is 2.44. The van der Waals surface area contributed by atoms with Crippen molar-refractivity contribution in [3.05, 3.63) is 66.2 Å². The van der Waals surface area contributed by atoms with Crippen molar-refractivity contribution in [2.24, 2.45) is 0 Å². The fourth-order valence-electron chi connectivity index (χ4n) is 2.77. The van der Waals surface area contributed by atoms with E-state index in [-0.39, 0.29) is 6.42 Å². The molecule has 3 aromatic carbocycles. The molecule has 1 heterocycles. The van der Waals surface area contributed by atoms with Gasteiger partial charge in [-0.1, -0.05) is 42.5 Å². The van der Waals surface area contributed by atoms with Crippen LogP contribution in [-0.2, 0) is 11.2 Å². The number of nitrogens with zero attached hydrogens (tertiary/aromatic N) is 1. The number of rotatable bonds is 3. The van der Waals surface area contributed by atoms with Gasteiger partial charge < -0.3 is 14.3 Å². The summed E-state index contributed by atoms with van der Waals surface area (Å²) in [5, 5.41) is 12.9. The van der Waals surface area contributed by atoms with Gasteiger partial charge in [0.2, 0.25) is 5.89 Å². The first-order valence-electron chi connectivity index (χ1n) is 7.28. The molecule has 0 aliphatic heterocycles. The van der Waals surface area contributed by atoms with Gasteiger partial charge in [0.1, 0.15) is 5.52 Å². The van der Waals surface area contributed by atoms with Crippen LogP contribution in [0.3, 0.4) is 0 Å². The molecule has 0 bridgehead atoms. The van der Waals surface area contributed by atoms with Gasteiger partial charge in [-0.15, -0.1) is 0 Å². The largest absolute Gasteiger partial charge is 0.550 e. The first-order chi connectivity index (χ1) is 11.2. The molecule has 0 unspecified atom stereocenters. The Labute approximate surface area is 132 Å². The highest BCUT2D eigenvalue weighted by atomic mass is 16.4. The maximum atomic E-state index is 10.7. The fraction of sp³-hybridized carbons (Fsp3) is 0.0526. The number of benzene rings is 3. The predicted octanol–water partition coefficient (Wildman–Crippen LogP) is 2.94. The molecular weight excluding hydrogens is 290 g/mol. The Morgan fingerprint density at radius 2 is 1.87 bits per heavy atom. The van der Waals surface area contributed by atoms with Gasteiger partial charge in [-0.3, -0.25) is 0 Å². The molecule has 4 heteroatoms. The fourth-order valence-corrected chi connectivity index (χ4v) is 2.77. The van der Waals surface area contributed by atoms with Crippen LogP contribution in [0.5, 0.6) is 0 Å². The van der Waals surface area contributed by atoms with E-state index >= 15 is 0 Å². The highest BCUT2D eigenvalue weighted by Gasteiger charge is 2.11. The number of aliphatic carboxylic acids is 1. The molecule has 0 radical (unpaired) electrons. The van der Waals surface area contributed by atoms with E-state index in [0.29, 0.717) is 22.6 Å². The van der Waals surface area contributed by atoms with Crippen LogP contribution >= 0.6 is 0 Å². The van der Waals surface area contributed by atoms with E-state index in [9.17, 15) is 9.90 Å². The van der Waals surface area contributed by atoms with Crippen molar-refractivity contribution in [3.8, 4) is 11.5 Å². The number of carboxylic acid groups (broad SMARTS) is 1. The van der Waals surface area contributed by atoms with Crippen molar-refractivity contribution in [1.82, 2.24) is 4.98 Å². The van der Waals surface area contributed by atoms with Crippen molar-refractivity contribution in [1.29, 1.82) is 0 Å². The standard InChI is InChI=1S/C19H13NO3/c21-18(22)11-12-8-9-16-17(10-12)23-19(20-16)15-7-3-5-13-4-1-2-6-14(13)15/h1-10H,11H2,(H,21,22)/p-1. The maximum absolute atomic E-state index is 10.7. The monoisotopic (exact) mass is 302 g/mol. The minimum atomic E-state index is -1.11. The molecule has 0 saturated heterocycles. The molecule has 0 atom stereocenters. The summed E-state index contributed by atoms with van der Waals surface area (Å²) in [5.74, 6) is -0.583. The molecule has 0 spiro atoms. The first-order valence-corrected chi connectivity index (χ1v) is 7.28. The van der Waals surface area contributed by atoms with Crippen molar-refractivity contribution in [2.75, 3.05) is 0 Å². The van der Waals surface area contributed by atoms with E-state index in [1.165, 1.54) is 0 Å². The van der Waals surface area contributed by atoms with E-state index in [1.54, 1.807) is 18.2 Å². The molecule has 4 aromatic rings. The Morgan fingerprint density at radius 1 is 1.04 bits per heavy atom. The lowest BCUT2D eigenvalue weighted by atomic mass is 10.0. The number of carbonyl (C=O) groups is 1. The molecular formula is C19H12NO3-. The Morgan fingerprint density at radius 3 is 2.74 bits per heavy atom. The second-order valence-electron chi connectivity index (χ2n) is 5.40. The summed E-state index contributed by atoms with van der Waals surface area (Å²) in [5.41, 5.74) is 2.83. The lowest BCUT2D eigenvalue weighted by Crippen LogP contribution is -2.24. The summed E-state index contributed by atoms with van der Waals surface area (Å²) >= 11 is 0. The van der Waals surface area contributed by atoms with E-state index in [2.05, 4.69) is 4.98 Å². The van der Waals surface area contributed by atoms with E-state index in [0.717, 1.165) is 16.3 Å². The number of carbonyl (C=O) groups excluding carboxylic acids is 1. The Kier molecular flexibility index (Phi) is 3.08. The van der Waals surface area contributed by atoms with Gasteiger partial charge in [-0.25, -0.2) is 4.98 Å². The molecule has 112 valence electrons. The summed E-state index contributed by atoms with van der Waals surface area (Å²) in [7, 11) is 0. The molecule has 4 rings (SSSR count). The van der Waals surface area contributed by atoms with Gasteiger partial charge in [0.25, 0.3) is 0 Å². The third-order valence-corrected chi connectivity index (χ3v) is 3.82. The lowest BCUT2D eigenvalue weighted by Gasteiger charge is -2.02. The SMILES string of the molecule is O=C([O-])Cc1ccc2nc(-c3cccc4ccccc34)oc2c1. The van der Waals surface area contributed by atoms with Crippen LogP contribution in [-0.4, -0.2) is 11.0 Å². The number of carboxylic acids is 1. The summed E-state index contributed by atoms with van der Waals surface area (Å²) in [6, 6.07) is 19.2. The number of hydrogen-bond donors (Lipinski definition) is 0. The predicted molar refractivity (Wildman–Crippen MR) is 85.7 cm³/mol. The van der Waals surface area contributed by atoms with Crippen LogP contribution in [0.1, 0.15) is 5.56 Å². The zero-order chi connectivity index (χ0) is 15.8. The van der Waals surface area contributed by atoms with Gasteiger partial charge in [-0.2, -0.15) is 0 Å². The molecule has 23 heavy (non-hydrogen) atoms. The van der Waals surface area contributed by atoms with Crippen LogP contribution in [0, 0.1) is 0 Å². The van der Waals surface area contributed by atoms with E-state index in [4.69, 9.17) is 4.42 Å². The number of oxazole rings is 1. The normalized spacial score (nSPS) is 11.1. The molecule has 0 fully saturated rings. The van der Waals surface area contributed by atoms with Crippen LogP contribution in [0.2, 0.25) is 0 Å². The van der Waals surface area contributed by atoms with Gasteiger partial charge in [-0.05, 0) is 34.5 Å². The second kappa shape index (κ2) is 5.25. The minimum absolute atomic E-state index is 0.139. The van der Waals surface area contributed by atoms with Gasteiger partial charge in [0.05, 0.1) is 0 Å². The van der Waals surface area contributed by atoms with Crippen LogP contribution < -0.4 is 5.11 Å². The first kappa shape index (κ1) is 13.5. The minimum Gasteiger partial charge on any atom is -0.550 e. The number of fused-ring (bicyclic) bond motifs is 2. The van der Waals surface area contributed by atoms with E-state index in [1.807, 2.05) is 42.5 Å². The van der Waals surface area contributed by atoms with Crippen molar-refractivity contribution < 1.29 is 14.3 Å². The lowest BCUT2D eigenvalue weighted by molar-refractivity contribution is -0.304. The van der Waals surface area contributed by atoms with Crippen molar-refractivity contribution in [2.45, 2.75) is 6.42 Å². The highest BCUT2D eigenvalue weighted by molar-refractivity contribution is 5.95. The molecule has 0 amide bonds. The van der Waals surface area contributed by atoms with Crippen LogP contribution in [0.4, 0.5) is 0 Å². The quantitative estimate of drug-likeness (QED) is 0.583. The van der Waals surface area contributed by atoms with Crippen molar-refractivity contribution >= 4 is 27.8 Å². The number of hydrogen-bond acceptors (Lipinski definition) is 4. The summed E-state index contributed by atoms with van der Waals surface area (Å²) in [4.78, 5) is 15.2. The topological polar surface area (TPSA) is 66.2 Å². The molecule has 4 nitrogen and oxygen atoms in total. The molecule has 0 aliphatic rings. The molecule has 0 aliphatic carbocycles. The average Bonchev–Trinajstić information content (AvgIpc) is 2.96. The Hall–Kier alpha value is -3.14.